The largest absolute Gasteiger partial charge is 0.243 e. The van der Waals surface area contributed by atoms with Crippen LogP contribution in [-0.4, -0.2) is 9.36 Å². The van der Waals surface area contributed by atoms with Gasteiger partial charge in [-0.3, -0.25) is 0 Å². The van der Waals surface area contributed by atoms with Gasteiger partial charge in [0.1, 0.15) is 5.82 Å². The molecule has 0 bridgehead atoms. The molecule has 10 heavy (non-hydrogen) atoms. The fraction of sp³-hybridized carbons (Fsp3) is 0.500. The van der Waals surface area contributed by atoms with Crippen molar-refractivity contribution < 1.29 is 0 Å². The van der Waals surface area contributed by atoms with Crippen LogP contribution >= 0.6 is 46.3 Å². The molecule has 0 aromatic carbocycles. The molecule has 0 fully saturated rings. The van der Waals surface area contributed by atoms with E-state index in [0.717, 1.165) is 11.5 Å². The maximum atomic E-state index is 5.51. The second-order valence-corrected chi connectivity index (χ2v) is 4.68. The molecule has 1 rings (SSSR count). The van der Waals surface area contributed by atoms with Crippen LogP contribution in [0, 0.1) is 6.92 Å². The van der Waals surface area contributed by atoms with E-state index in [9.17, 15) is 0 Å². The van der Waals surface area contributed by atoms with E-state index < -0.39 is 3.79 Å². The maximum absolute atomic E-state index is 5.51. The van der Waals surface area contributed by atoms with Crippen molar-refractivity contribution in [3.63, 3.8) is 0 Å². The summed E-state index contributed by atoms with van der Waals surface area (Å²) in [5.74, 6) is 0.631. The molecule has 0 saturated heterocycles. The molecule has 0 atom stereocenters. The van der Waals surface area contributed by atoms with Crippen LogP contribution in [0.3, 0.4) is 0 Å². The highest BCUT2D eigenvalue weighted by atomic mass is 35.6. The smallest absolute Gasteiger partial charge is 0.220 e. The van der Waals surface area contributed by atoms with Crippen molar-refractivity contribution in [3.8, 4) is 0 Å². The van der Waals surface area contributed by atoms with Gasteiger partial charge >= 0.3 is 0 Å². The van der Waals surface area contributed by atoms with Crippen LogP contribution in [0.1, 0.15) is 10.8 Å². The van der Waals surface area contributed by atoms with Crippen LogP contribution in [0.25, 0.3) is 0 Å². The second-order valence-electron chi connectivity index (χ2n) is 1.64. The van der Waals surface area contributed by atoms with E-state index in [-0.39, 0.29) is 0 Å². The molecule has 0 N–H and O–H groups in total. The van der Waals surface area contributed by atoms with Crippen molar-refractivity contribution in [3.05, 3.63) is 10.8 Å². The topological polar surface area (TPSA) is 25.8 Å². The SMILES string of the molecule is Cc1nsc(C(Cl)(Cl)Cl)n1. The normalized spacial score (nSPS) is 12.0. The van der Waals surface area contributed by atoms with E-state index in [1.54, 1.807) is 6.92 Å². The van der Waals surface area contributed by atoms with Crippen molar-refractivity contribution in [2.75, 3.05) is 0 Å². The van der Waals surface area contributed by atoms with Crippen LogP contribution < -0.4 is 0 Å². The van der Waals surface area contributed by atoms with E-state index in [1.165, 1.54) is 0 Å². The molecule has 0 radical (unpaired) electrons. The summed E-state index contributed by atoms with van der Waals surface area (Å²) in [6.07, 6.45) is 0. The van der Waals surface area contributed by atoms with Crippen molar-refractivity contribution in [1.29, 1.82) is 0 Å². The van der Waals surface area contributed by atoms with Crippen molar-refractivity contribution in [2.24, 2.45) is 0 Å². The number of nitrogens with zero attached hydrogens (tertiary/aromatic N) is 2. The quantitative estimate of drug-likeness (QED) is 0.625. The zero-order chi connectivity index (χ0) is 7.78. The summed E-state index contributed by atoms with van der Waals surface area (Å²) in [5, 5.41) is 0.412. The predicted octanol–water partition coefficient (Wildman–Crippen LogP) is 2.67. The van der Waals surface area contributed by atoms with Crippen LogP contribution in [0.2, 0.25) is 0 Å². The van der Waals surface area contributed by atoms with Gasteiger partial charge in [0.05, 0.1) is 0 Å². The lowest BCUT2D eigenvalue weighted by Crippen LogP contribution is -1.98. The van der Waals surface area contributed by atoms with Gasteiger partial charge in [0.25, 0.3) is 0 Å². The van der Waals surface area contributed by atoms with E-state index in [1.807, 2.05) is 0 Å². The summed E-state index contributed by atoms with van der Waals surface area (Å²) in [6.45, 7) is 1.75. The minimum absolute atomic E-state index is 0.412. The number of hydrogen-bond donors (Lipinski definition) is 0. The Kier molecular flexibility index (Phi) is 2.40. The lowest BCUT2D eigenvalue weighted by atomic mass is 10.7. The lowest BCUT2D eigenvalue weighted by molar-refractivity contribution is 1.08. The maximum Gasteiger partial charge on any atom is 0.243 e. The standard InChI is InChI=1S/C4H3Cl3N2S/c1-2-8-3(10-9-2)4(5,6)7/h1H3. The summed E-state index contributed by atoms with van der Waals surface area (Å²) in [5.41, 5.74) is 0. The first kappa shape index (κ1) is 8.53. The monoisotopic (exact) mass is 216 g/mol. The molecule has 2 nitrogen and oxygen atoms in total. The Morgan fingerprint density at radius 1 is 1.40 bits per heavy atom. The molecule has 0 spiro atoms. The molecule has 0 aliphatic carbocycles. The van der Waals surface area contributed by atoms with Crippen LogP contribution in [0.15, 0.2) is 0 Å². The van der Waals surface area contributed by atoms with Gasteiger partial charge in [-0.2, -0.15) is 4.37 Å². The zero-order valence-electron chi connectivity index (χ0n) is 4.94. The van der Waals surface area contributed by atoms with Gasteiger partial charge in [-0.25, -0.2) is 4.98 Å². The molecule has 0 aliphatic rings. The molecule has 56 valence electrons. The third-order valence-electron chi connectivity index (χ3n) is 0.770. The van der Waals surface area contributed by atoms with Gasteiger partial charge in [0, 0.05) is 0 Å². The van der Waals surface area contributed by atoms with E-state index in [2.05, 4.69) is 9.36 Å². The molecule has 0 amide bonds. The number of hydrogen-bond acceptors (Lipinski definition) is 3. The average Bonchev–Trinajstić information content (AvgIpc) is 2.11. The average molecular weight is 218 g/mol. The molecule has 0 saturated carbocycles. The van der Waals surface area contributed by atoms with Gasteiger partial charge in [0.2, 0.25) is 3.79 Å². The van der Waals surface area contributed by atoms with Gasteiger partial charge in [-0.05, 0) is 18.5 Å². The number of alkyl halides is 3. The number of halogens is 3. The molecular formula is C4H3Cl3N2S. The van der Waals surface area contributed by atoms with E-state index in [4.69, 9.17) is 34.8 Å². The first-order valence-corrected chi connectivity index (χ1v) is 4.28. The molecule has 1 aromatic rings. The third kappa shape index (κ3) is 1.95. The Labute approximate surface area is 77.3 Å². The van der Waals surface area contributed by atoms with Crippen molar-refractivity contribution in [1.82, 2.24) is 9.36 Å². The number of aryl methyl sites for hydroxylation is 1. The number of rotatable bonds is 0. The summed E-state index contributed by atoms with van der Waals surface area (Å²) >= 11 is 17.6. The summed E-state index contributed by atoms with van der Waals surface area (Å²) in [4.78, 5) is 3.89. The minimum atomic E-state index is -1.42. The highest BCUT2D eigenvalue weighted by molar-refractivity contribution is 7.07. The van der Waals surface area contributed by atoms with Crippen LogP contribution in [0.4, 0.5) is 0 Å². The van der Waals surface area contributed by atoms with Crippen molar-refractivity contribution >= 4 is 46.3 Å². The fourth-order valence-electron chi connectivity index (χ4n) is 0.412. The Bertz CT molecular complexity index is 229. The third-order valence-corrected chi connectivity index (χ3v) is 2.57. The minimum Gasteiger partial charge on any atom is -0.220 e. The molecular weight excluding hydrogens is 214 g/mol. The first-order valence-electron chi connectivity index (χ1n) is 2.37. The highest BCUT2D eigenvalue weighted by Gasteiger charge is 2.27. The molecule has 0 aliphatic heterocycles. The molecule has 1 aromatic heterocycles. The summed E-state index contributed by atoms with van der Waals surface area (Å²) in [7, 11) is 0. The Balaban J connectivity index is 2.96. The molecule has 0 unspecified atom stereocenters. The number of aromatic nitrogens is 2. The van der Waals surface area contributed by atoms with E-state index >= 15 is 0 Å². The Hall–Kier alpha value is 0.430. The highest BCUT2D eigenvalue weighted by Crippen LogP contribution is 2.38. The molecule has 6 heteroatoms. The van der Waals surface area contributed by atoms with Crippen LogP contribution in [-0.2, 0) is 3.79 Å². The molecule has 1 heterocycles. The van der Waals surface area contributed by atoms with Gasteiger partial charge in [0.15, 0.2) is 5.01 Å². The predicted molar refractivity (Wildman–Crippen MR) is 43.9 cm³/mol. The van der Waals surface area contributed by atoms with Crippen molar-refractivity contribution in [2.45, 2.75) is 10.7 Å². The Morgan fingerprint density at radius 2 is 2.00 bits per heavy atom. The van der Waals surface area contributed by atoms with E-state index in [0.29, 0.717) is 10.8 Å². The second kappa shape index (κ2) is 2.81. The van der Waals surface area contributed by atoms with Gasteiger partial charge in [-0.1, -0.05) is 34.8 Å². The van der Waals surface area contributed by atoms with Gasteiger partial charge < -0.3 is 0 Å². The fourth-order valence-corrected chi connectivity index (χ4v) is 1.39. The summed E-state index contributed by atoms with van der Waals surface area (Å²) in [6, 6.07) is 0. The zero-order valence-corrected chi connectivity index (χ0v) is 8.02. The Morgan fingerprint density at radius 3 is 2.20 bits per heavy atom. The van der Waals surface area contributed by atoms with Gasteiger partial charge in [-0.15, -0.1) is 0 Å². The lowest BCUT2D eigenvalue weighted by Gasteiger charge is -2.02. The summed E-state index contributed by atoms with van der Waals surface area (Å²) < 4.78 is 2.44. The first-order chi connectivity index (χ1) is 4.50. The van der Waals surface area contributed by atoms with Crippen LogP contribution in [0.5, 0.6) is 0 Å².